The lowest BCUT2D eigenvalue weighted by Gasteiger charge is -2.40. The van der Waals surface area contributed by atoms with E-state index in [0.717, 1.165) is 0 Å². The summed E-state index contributed by atoms with van der Waals surface area (Å²) in [4.78, 5) is 43.3. The Morgan fingerprint density at radius 3 is 2.67 bits per heavy atom. The number of hydrogen-bond acceptors (Lipinski definition) is 5. The number of rotatable bonds is 8. The number of para-hydroxylation sites is 1. The van der Waals surface area contributed by atoms with E-state index >= 15 is 0 Å². The summed E-state index contributed by atoms with van der Waals surface area (Å²) in [6.07, 6.45) is 2.82. The van der Waals surface area contributed by atoms with E-state index < -0.39 is 34.6 Å². The lowest BCUT2D eigenvalue weighted by molar-refractivity contribution is -0.149. The van der Waals surface area contributed by atoms with Crippen LogP contribution in [-0.4, -0.2) is 68.1 Å². The first-order chi connectivity index (χ1) is 15.7. The number of anilines is 1. The molecule has 3 aliphatic rings. The molecule has 0 saturated carbocycles. The Labute approximate surface area is 202 Å². The molecule has 1 aromatic rings. The van der Waals surface area contributed by atoms with E-state index in [4.69, 9.17) is 11.6 Å². The van der Waals surface area contributed by atoms with Crippen LogP contribution in [0.15, 0.2) is 36.9 Å². The van der Waals surface area contributed by atoms with Crippen LogP contribution in [0, 0.1) is 17.8 Å². The highest BCUT2D eigenvalue weighted by atomic mass is 35.5. The largest absolute Gasteiger partial charge is 0.481 e. The highest BCUT2D eigenvalue weighted by molar-refractivity contribution is 8.02. The summed E-state index contributed by atoms with van der Waals surface area (Å²) in [5.41, 5.74) is 0.508. The van der Waals surface area contributed by atoms with Crippen LogP contribution >= 0.6 is 23.4 Å². The summed E-state index contributed by atoms with van der Waals surface area (Å²) in [6, 6.07) is 5.49. The van der Waals surface area contributed by atoms with Crippen LogP contribution in [0.25, 0.3) is 0 Å². The molecule has 9 heteroatoms. The van der Waals surface area contributed by atoms with Crippen molar-refractivity contribution in [2.45, 2.75) is 48.8 Å². The number of carbonyl (C=O) groups excluding carboxylic acids is 2. The van der Waals surface area contributed by atoms with Crippen molar-refractivity contribution in [2.75, 3.05) is 18.1 Å². The lowest BCUT2D eigenvalue weighted by atomic mass is 9.71. The summed E-state index contributed by atoms with van der Waals surface area (Å²) >= 11 is 7.91. The first kappa shape index (κ1) is 24.1. The predicted octanol–water partition coefficient (Wildman–Crippen LogP) is 3.05. The molecule has 3 heterocycles. The van der Waals surface area contributed by atoms with Crippen molar-refractivity contribution in [3.8, 4) is 0 Å². The van der Waals surface area contributed by atoms with E-state index in [-0.39, 0.29) is 36.1 Å². The van der Waals surface area contributed by atoms with Gasteiger partial charge in [-0.1, -0.05) is 43.7 Å². The lowest BCUT2D eigenvalue weighted by Crippen LogP contribution is -2.58. The second kappa shape index (κ2) is 8.96. The molecule has 0 radical (unpaired) electrons. The Balaban J connectivity index is 1.86. The second-order valence-corrected chi connectivity index (χ2v) is 11.3. The van der Waals surface area contributed by atoms with Gasteiger partial charge in [-0.3, -0.25) is 14.4 Å². The van der Waals surface area contributed by atoms with Gasteiger partial charge in [-0.15, -0.1) is 18.3 Å². The number of halogens is 1. The van der Waals surface area contributed by atoms with Gasteiger partial charge in [0.05, 0.1) is 39.9 Å². The van der Waals surface area contributed by atoms with Gasteiger partial charge in [0.25, 0.3) is 5.91 Å². The average Bonchev–Trinajstić information content (AvgIpc) is 3.40. The number of aliphatic hydroxyl groups excluding tert-OH is 1. The minimum absolute atomic E-state index is 0.122. The van der Waals surface area contributed by atoms with E-state index in [2.05, 4.69) is 6.58 Å². The molecule has 3 saturated heterocycles. The molecular weight excluding hydrogens is 464 g/mol. The molecule has 2 bridgehead atoms. The number of aliphatic carboxylic acids is 1. The molecule has 4 rings (SSSR count). The summed E-state index contributed by atoms with van der Waals surface area (Å²) in [5.74, 6) is -3.42. The van der Waals surface area contributed by atoms with E-state index in [1.807, 2.05) is 13.8 Å². The molecule has 178 valence electrons. The average molecular weight is 493 g/mol. The van der Waals surface area contributed by atoms with Gasteiger partial charge in [0, 0.05) is 11.8 Å². The molecule has 7 nitrogen and oxygen atoms in total. The van der Waals surface area contributed by atoms with Crippen LogP contribution in [0.5, 0.6) is 0 Å². The molecular formula is C24H29ClN2O5S. The van der Waals surface area contributed by atoms with Gasteiger partial charge in [0.15, 0.2) is 0 Å². The van der Waals surface area contributed by atoms with Crippen molar-refractivity contribution in [1.82, 2.24) is 4.90 Å². The van der Waals surface area contributed by atoms with Crippen molar-refractivity contribution in [3.63, 3.8) is 0 Å². The minimum Gasteiger partial charge on any atom is -0.481 e. The van der Waals surface area contributed by atoms with Crippen LogP contribution in [-0.2, 0) is 14.4 Å². The molecule has 3 fully saturated rings. The van der Waals surface area contributed by atoms with Crippen molar-refractivity contribution < 1.29 is 24.6 Å². The Morgan fingerprint density at radius 2 is 2.09 bits per heavy atom. The minimum atomic E-state index is -1.00. The number of thioether (sulfide) groups is 1. The maximum absolute atomic E-state index is 14.3. The maximum atomic E-state index is 14.3. The zero-order valence-electron chi connectivity index (χ0n) is 18.7. The topological polar surface area (TPSA) is 98.2 Å². The molecule has 1 aromatic carbocycles. The van der Waals surface area contributed by atoms with Crippen molar-refractivity contribution in [1.29, 1.82) is 0 Å². The number of nitrogens with zero attached hydrogens (tertiary/aromatic N) is 2. The van der Waals surface area contributed by atoms with Crippen LogP contribution in [0.3, 0.4) is 0 Å². The number of aliphatic hydroxyl groups is 1. The highest BCUT2D eigenvalue weighted by Gasteiger charge is 2.74. The first-order valence-electron chi connectivity index (χ1n) is 11.2. The van der Waals surface area contributed by atoms with Crippen LogP contribution < -0.4 is 4.90 Å². The van der Waals surface area contributed by atoms with Gasteiger partial charge >= 0.3 is 5.97 Å². The number of fused-ring (bicyclic) bond motifs is 1. The molecule has 2 amide bonds. The summed E-state index contributed by atoms with van der Waals surface area (Å²) in [5, 5.41) is 20.4. The van der Waals surface area contributed by atoms with E-state index in [0.29, 0.717) is 23.6 Å². The molecule has 33 heavy (non-hydrogen) atoms. The summed E-state index contributed by atoms with van der Waals surface area (Å²) in [6.45, 7) is 7.43. The van der Waals surface area contributed by atoms with Gasteiger partial charge < -0.3 is 20.0 Å². The van der Waals surface area contributed by atoms with Gasteiger partial charge in [-0.05, 0) is 30.9 Å². The van der Waals surface area contributed by atoms with Crippen molar-refractivity contribution in [2.24, 2.45) is 17.8 Å². The number of carboxylic acid groups (broad SMARTS) is 1. The summed E-state index contributed by atoms with van der Waals surface area (Å²) < 4.78 is -0.842. The first-order valence-corrected chi connectivity index (χ1v) is 12.5. The Bertz CT molecular complexity index is 987. The molecule has 0 aliphatic carbocycles. The number of carboxylic acids is 1. The number of carbonyl (C=O) groups is 3. The number of hydrogen-bond donors (Lipinski definition) is 2. The van der Waals surface area contributed by atoms with Gasteiger partial charge in [-0.25, -0.2) is 0 Å². The Kier molecular flexibility index (Phi) is 6.55. The Morgan fingerprint density at radius 1 is 1.39 bits per heavy atom. The fourth-order valence-corrected chi connectivity index (χ4v) is 8.31. The molecule has 2 N–H and O–H groups in total. The maximum Gasteiger partial charge on any atom is 0.308 e. The van der Waals surface area contributed by atoms with Gasteiger partial charge in [0.1, 0.15) is 6.04 Å². The van der Waals surface area contributed by atoms with E-state index in [1.165, 1.54) is 21.6 Å². The standard InChI is InChI=1S/C24H29ClN2O5S/c1-4-11-26(15-8-6-5-7-14(15)25)22(30)20-24-10-9-17(33-24)18(23(31)32)19(24)21(29)27(20)16(12-28)13(2)3/h4-8,13,16-20,28H,1,9-12H2,2-3H3,(H,31,32)/t16-,17+,18-,19-,20?,24?/m0/s1. The third-order valence-corrected chi connectivity index (χ3v) is 9.56. The third kappa shape index (κ3) is 3.58. The van der Waals surface area contributed by atoms with Crippen LogP contribution in [0.1, 0.15) is 26.7 Å². The second-order valence-electron chi connectivity index (χ2n) is 9.32. The summed E-state index contributed by atoms with van der Waals surface area (Å²) in [7, 11) is 0. The fourth-order valence-electron chi connectivity index (χ4n) is 5.88. The van der Waals surface area contributed by atoms with Crippen molar-refractivity contribution >= 4 is 46.8 Å². The normalized spacial score (nSPS) is 31.1. The fraction of sp³-hybridized carbons (Fsp3) is 0.542. The zero-order valence-corrected chi connectivity index (χ0v) is 20.3. The van der Waals surface area contributed by atoms with Crippen molar-refractivity contribution in [3.05, 3.63) is 41.9 Å². The Hall–Kier alpha value is -2.03. The number of amides is 2. The quantitative estimate of drug-likeness (QED) is 0.541. The number of likely N-dealkylation sites (tertiary alicyclic amines) is 1. The zero-order chi connectivity index (χ0) is 24.1. The SMILES string of the molecule is C=CCN(C(=O)C1N([C@@H](CO)C(C)C)C(=O)[C@@H]2[C@@H](C(=O)O)[C@H]3CCC12S3)c1ccccc1Cl. The molecule has 2 unspecified atom stereocenters. The van der Waals surface area contributed by atoms with Gasteiger partial charge in [0.2, 0.25) is 5.91 Å². The highest BCUT2D eigenvalue weighted by Crippen LogP contribution is 2.67. The predicted molar refractivity (Wildman–Crippen MR) is 128 cm³/mol. The smallest absolute Gasteiger partial charge is 0.308 e. The molecule has 6 atom stereocenters. The van der Waals surface area contributed by atoms with Crippen LogP contribution in [0.4, 0.5) is 5.69 Å². The molecule has 3 aliphatic heterocycles. The van der Waals surface area contributed by atoms with E-state index in [9.17, 15) is 24.6 Å². The number of benzene rings is 1. The van der Waals surface area contributed by atoms with Crippen LogP contribution in [0.2, 0.25) is 5.02 Å². The van der Waals surface area contributed by atoms with E-state index in [1.54, 1.807) is 30.3 Å². The molecule has 1 spiro atoms. The van der Waals surface area contributed by atoms with Gasteiger partial charge in [-0.2, -0.15) is 0 Å². The monoisotopic (exact) mass is 492 g/mol. The third-order valence-electron chi connectivity index (χ3n) is 7.29. The molecule has 0 aromatic heterocycles.